The van der Waals surface area contributed by atoms with Crippen LogP contribution in [-0.4, -0.2) is 11.0 Å². The topological polar surface area (TPSA) is 24.9 Å². The third-order valence-electron chi connectivity index (χ3n) is 2.69. The molecule has 2 unspecified atom stereocenters. The fourth-order valence-corrected chi connectivity index (χ4v) is 1.75. The van der Waals surface area contributed by atoms with E-state index in [2.05, 4.69) is 47.0 Å². The van der Waals surface area contributed by atoms with Crippen LogP contribution in [0.4, 0.5) is 5.69 Å². The average Bonchev–Trinajstić information content (AvgIpc) is 2.22. The molecular weight excluding hydrogens is 275 g/mol. The van der Waals surface area contributed by atoms with Crippen LogP contribution in [-0.2, 0) is 0 Å². The lowest BCUT2D eigenvalue weighted by molar-refractivity contribution is 0.494. The molecule has 1 aromatic heterocycles. The van der Waals surface area contributed by atoms with Crippen molar-refractivity contribution in [1.29, 1.82) is 0 Å². The third kappa shape index (κ3) is 3.65. The molecule has 0 aliphatic heterocycles. The summed E-state index contributed by atoms with van der Waals surface area (Å²) in [5, 5.41) is 3.90. The van der Waals surface area contributed by atoms with Crippen molar-refractivity contribution in [2.45, 2.75) is 33.2 Å². The van der Waals surface area contributed by atoms with Gasteiger partial charge in [0.25, 0.3) is 0 Å². The van der Waals surface area contributed by atoms with Crippen LogP contribution in [0.5, 0.6) is 0 Å². The number of rotatable bonds is 4. The molecule has 0 spiro atoms. The minimum absolute atomic E-state index is 0.392. The zero-order valence-electron chi connectivity index (χ0n) is 9.22. The maximum atomic E-state index is 5.99. The second-order valence-electron chi connectivity index (χ2n) is 3.81. The Morgan fingerprint density at radius 3 is 2.80 bits per heavy atom. The summed E-state index contributed by atoms with van der Waals surface area (Å²) < 4.78 is 0.936. The lowest BCUT2D eigenvalue weighted by atomic mass is 10.0. The minimum Gasteiger partial charge on any atom is -0.380 e. The van der Waals surface area contributed by atoms with Gasteiger partial charge in [-0.15, -0.1) is 0 Å². The number of nitrogens with one attached hydrogen (secondary N) is 1. The van der Waals surface area contributed by atoms with Gasteiger partial charge in [-0.1, -0.05) is 31.9 Å². The van der Waals surface area contributed by atoms with E-state index < -0.39 is 0 Å². The summed E-state index contributed by atoms with van der Waals surface area (Å²) >= 11 is 9.37. The molecular formula is C11H16BrClN2. The van der Waals surface area contributed by atoms with Crippen molar-refractivity contribution in [2.75, 3.05) is 5.32 Å². The molecule has 1 N–H and O–H groups in total. The molecule has 0 fully saturated rings. The van der Waals surface area contributed by atoms with Crippen molar-refractivity contribution in [3.8, 4) is 0 Å². The van der Waals surface area contributed by atoms with E-state index in [0.717, 1.165) is 16.6 Å². The molecule has 1 aromatic rings. The molecule has 0 saturated carbocycles. The number of anilines is 1. The SMILES string of the molecule is CCC(C)C(C)Nc1cc(Br)cnc1Cl. The molecule has 0 aromatic carbocycles. The first-order valence-corrected chi connectivity index (χ1v) is 6.29. The first-order chi connectivity index (χ1) is 7.04. The normalized spacial score (nSPS) is 14.7. The number of halogens is 2. The molecule has 0 saturated heterocycles. The van der Waals surface area contributed by atoms with Crippen molar-refractivity contribution in [3.63, 3.8) is 0 Å². The van der Waals surface area contributed by atoms with E-state index in [1.165, 1.54) is 0 Å². The standard InChI is InChI=1S/C11H16BrClN2/c1-4-7(2)8(3)15-10-5-9(12)6-14-11(10)13/h5-8,15H,4H2,1-3H3. The van der Waals surface area contributed by atoms with Crippen LogP contribution in [0.3, 0.4) is 0 Å². The van der Waals surface area contributed by atoms with Crippen molar-refractivity contribution in [2.24, 2.45) is 5.92 Å². The Labute approximate surface area is 105 Å². The Morgan fingerprint density at radius 1 is 1.53 bits per heavy atom. The smallest absolute Gasteiger partial charge is 0.152 e. The Bertz CT molecular complexity index is 330. The second kappa shape index (κ2) is 5.71. The lowest BCUT2D eigenvalue weighted by Gasteiger charge is -2.21. The number of aromatic nitrogens is 1. The van der Waals surface area contributed by atoms with Crippen molar-refractivity contribution >= 4 is 33.2 Å². The zero-order valence-corrected chi connectivity index (χ0v) is 11.6. The zero-order chi connectivity index (χ0) is 11.4. The molecule has 0 aliphatic rings. The monoisotopic (exact) mass is 290 g/mol. The van der Waals surface area contributed by atoms with Crippen LogP contribution in [0.15, 0.2) is 16.7 Å². The van der Waals surface area contributed by atoms with Gasteiger partial charge in [-0.05, 0) is 34.8 Å². The molecule has 0 aliphatic carbocycles. The molecule has 0 bridgehead atoms. The summed E-state index contributed by atoms with van der Waals surface area (Å²) in [5.74, 6) is 0.611. The van der Waals surface area contributed by atoms with Gasteiger partial charge >= 0.3 is 0 Å². The third-order valence-corrected chi connectivity index (χ3v) is 3.42. The fraction of sp³-hybridized carbons (Fsp3) is 0.545. The van der Waals surface area contributed by atoms with Gasteiger partial charge in [-0.2, -0.15) is 0 Å². The first-order valence-electron chi connectivity index (χ1n) is 5.12. The molecule has 2 atom stereocenters. The van der Waals surface area contributed by atoms with Crippen molar-refractivity contribution in [3.05, 3.63) is 21.9 Å². The molecule has 1 heterocycles. The van der Waals surface area contributed by atoms with Crippen LogP contribution in [0.1, 0.15) is 27.2 Å². The Hall–Kier alpha value is -0.280. The molecule has 1 rings (SSSR count). The highest BCUT2D eigenvalue weighted by molar-refractivity contribution is 9.10. The molecule has 4 heteroatoms. The van der Waals surface area contributed by atoms with Gasteiger partial charge in [-0.25, -0.2) is 4.98 Å². The van der Waals surface area contributed by atoms with Gasteiger partial charge in [0.05, 0.1) is 5.69 Å². The molecule has 0 radical (unpaired) electrons. The van der Waals surface area contributed by atoms with Crippen LogP contribution in [0.2, 0.25) is 5.15 Å². The van der Waals surface area contributed by atoms with E-state index in [1.807, 2.05) is 6.07 Å². The second-order valence-corrected chi connectivity index (χ2v) is 5.08. The van der Waals surface area contributed by atoms with E-state index in [9.17, 15) is 0 Å². The number of nitrogens with zero attached hydrogens (tertiary/aromatic N) is 1. The highest BCUT2D eigenvalue weighted by Gasteiger charge is 2.11. The van der Waals surface area contributed by atoms with E-state index in [0.29, 0.717) is 17.1 Å². The van der Waals surface area contributed by atoms with Crippen molar-refractivity contribution < 1.29 is 0 Å². The summed E-state index contributed by atoms with van der Waals surface area (Å²) in [4.78, 5) is 4.07. The van der Waals surface area contributed by atoms with Crippen LogP contribution in [0.25, 0.3) is 0 Å². The predicted octanol–water partition coefficient (Wildman–Crippen LogP) is 4.34. The fourth-order valence-electron chi connectivity index (χ4n) is 1.26. The summed E-state index contributed by atoms with van der Waals surface area (Å²) in [6.45, 7) is 6.56. The summed E-state index contributed by atoms with van der Waals surface area (Å²) in [6.07, 6.45) is 2.84. The Balaban J connectivity index is 2.75. The number of hydrogen-bond donors (Lipinski definition) is 1. The largest absolute Gasteiger partial charge is 0.380 e. The van der Waals surface area contributed by atoms with Gasteiger partial charge in [0.15, 0.2) is 5.15 Å². The van der Waals surface area contributed by atoms with Gasteiger partial charge < -0.3 is 5.32 Å². The summed E-state index contributed by atoms with van der Waals surface area (Å²) in [7, 11) is 0. The van der Waals surface area contributed by atoms with E-state index in [1.54, 1.807) is 6.20 Å². The van der Waals surface area contributed by atoms with Crippen LogP contribution >= 0.6 is 27.5 Å². The van der Waals surface area contributed by atoms with E-state index in [-0.39, 0.29) is 0 Å². The van der Waals surface area contributed by atoms with Crippen LogP contribution < -0.4 is 5.32 Å². The highest BCUT2D eigenvalue weighted by Crippen LogP contribution is 2.25. The van der Waals surface area contributed by atoms with E-state index in [4.69, 9.17) is 11.6 Å². The lowest BCUT2D eigenvalue weighted by Crippen LogP contribution is -2.23. The average molecular weight is 292 g/mol. The molecule has 0 amide bonds. The van der Waals surface area contributed by atoms with Crippen molar-refractivity contribution in [1.82, 2.24) is 4.98 Å². The van der Waals surface area contributed by atoms with Gasteiger partial charge in [0, 0.05) is 16.7 Å². The molecule has 15 heavy (non-hydrogen) atoms. The predicted molar refractivity (Wildman–Crippen MR) is 69.5 cm³/mol. The molecule has 84 valence electrons. The highest BCUT2D eigenvalue weighted by atomic mass is 79.9. The summed E-state index contributed by atoms with van der Waals surface area (Å²) in [5.41, 5.74) is 0.888. The Kier molecular flexibility index (Phi) is 4.87. The minimum atomic E-state index is 0.392. The van der Waals surface area contributed by atoms with Gasteiger partial charge in [0.2, 0.25) is 0 Å². The quantitative estimate of drug-likeness (QED) is 0.835. The van der Waals surface area contributed by atoms with Gasteiger partial charge in [-0.3, -0.25) is 0 Å². The molecule has 2 nitrogen and oxygen atoms in total. The maximum absolute atomic E-state index is 5.99. The number of pyridine rings is 1. The summed E-state index contributed by atoms with van der Waals surface area (Å²) in [6, 6.07) is 2.34. The number of hydrogen-bond acceptors (Lipinski definition) is 2. The van der Waals surface area contributed by atoms with Gasteiger partial charge in [0.1, 0.15) is 0 Å². The van der Waals surface area contributed by atoms with E-state index >= 15 is 0 Å². The Morgan fingerprint density at radius 2 is 2.20 bits per heavy atom. The first kappa shape index (κ1) is 12.8. The maximum Gasteiger partial charge on any atom is 0.152 e. The van der Waals surface area contributed by atoms with Crippen LogP contribution in [0, 0.1) is 5.92 Å².